The van der Waals surface area contributed by atoms with Crippen LogP contribution >= 0.6 is 0 Å². The van der Waals surface area contributed by atoms with Crippen LogP contribution in [0.4, 0.5) is 0 Å². The number of H-pyrrole nitrogens is 1. The molecule has 0 saturated heterocycles. The summed E-state index contributed by atoms with van der Waals surface area (Å²) in [5.74, 6) is 7.34. The first-order valence-corrected chi connectivity index (χ1v) is 14.9. The molecule has 0 amide bonds. The monoisotopic (exact) mass is 573 g/mol. The molecule has 4 N–H and O–H groups in total. The standard InChI is InChI=1S/C34H43N3O5/c1-4-24-8-11-31(42-23(2)38)20-30(39)18-26(27-10-12-32(40)33(19-27)41-3)6-5-14-36-34-17-25(13-15-37-34)7-9-28-21-35-22-29(28)16-24/h10,12-13,17,19,21-22,24,26,31,35-37,40H,4,7-9,11,14-16,18,20H2,1-3H3. The number of Topliss-reactive ketones (excluding diaryl/α,β-unsaturated/α-hetero) is 1. The van der Waals surface area contributed by atoms with Crippen LogP contribution in [-0.2, 0) is 27.2 Å². The quantitative estimate of drug-likeness (QED) is 0.299. The maximum absolute atomic E-state index is 13.4. The molecular weight excluding hydrogens is 530 g/mol. The number of hydrogen-bond acceptors (Lipinski definition) is 7. The van der Waals surface area contributed by atoms with Crippen LogP contribution in [0.5, 0.6) is 11.5 Å². The number of carbonyl (C=O) groups excluding carboxylic acids is 2. The number of carbonyl (C=O) groups is 2. The smallest absolute Gasteiger partial charge is 0.302 e. The van der Waals surface area contributed by atoms with Gasteiger partial charge in [-0.05, 0) is 78.5 Å². The second kappa shape index (κ2) is 15.2. The molecule has 3 unspecified atom stereocenters. The Morgan fingerprint density at radius 3 is 2.71 bits per heavy atom. The molecule has 0 aliphatic carbocycles. The lowest BCUT2D eigenvalue weighted by Gasteiger charge is -2.21. The zero-order valence-corrected chi connectivity index (χ0v) is 24.9. The van der Waals surface area contributed by atoms with Crippen molar-refractivity contribution >= 4 is 11.8 Å². The van der Waals surface area contributed by atoms with Crippen LogP contribution in [-0.4, -0.2) is 48.1 Å². The van der Waals surface area contributed by atoms with Crippen molar-refractivity contribution in [2.75, 3.05) is 20.2 Å². The number of nitrogens with one attached hydrogen (secondary N) is 3. The SMILES string of the molecule is CCC1CCC(OC(C)=O)CC(=O)CC(c2ccc(O)c(OC)c2)C#CCNC2=CC(=CCN2)CCc2c[nH]cc2C1. The summed E-state index contributed by atoms with van der Waals surface area (Å²) in [7, 11) is 1.49. The summed E-state index contributed by atoms with van der Waals surface area (Å²) in [5, 5.41) is 16.8. The molecule has 2 bridgehead atoms. The van der Waals surface area contributed by atoms with Crippen molar-refractivity contribution in [2.45, 2.75) is 77.2 Å². The van der Waals surface area contributed by atoms with E-state index in [4.69, 9.17) is 9.47 Å². The van der Waals surface area contributed by atoms with E-state index in [1.54, 1.807) is 18.2 Å². The lowest BCUT2D eigenvalue weighted by atomic mass is 9.88. The number of aryl methyl sites for hydroxylation is 1. The number of methoxy groups -OCH3 is 1. The Hall–Kier alpha value is -4.12. The zero-order valence-electron chi connectivity index (χ0n) is 24.9. The maximum atomic E-state index is 13.4. The van der Waals surface area contributed by atoms with Gasteiger partial charge in [0.15, 0.2) is 11.5 Å². The van der Waals surface area contributed by atoms with E-state index in [9.17, 15) is 14.7 Å². The van der Waals surface area contributed by atoms with Crippen LogP contribution in [0, 0.1) is 17.8 Å². The van der Waals surface area contributed by atoms with Crippen LogP contribution in [0.15, 0.2) is 54.1 Å². The molecule has 2 aromatic rings. The van der Waals surface area contributed by atoms with Gasteiger partial charge < -0.3 is 30.2 Å². The number of aromatic hydroxyl groups is 1. The second-order valence-electron chi connectivity index (χ2n) is 11.1. The first kappa shape index (κ1) is 30.8. The van der Waals surface area contributed by atoms with Crippen molar-refractivity contribution in [3.8, 4) is 23.3 Å². The average Bonchev–Trinajstić information content (AvgIpc) is 3.42. The molecule has 3 heterocycles. The van der Waals surface area contributed by atoms with Gasteiger partial charge in [0.25, 0.3) is 0 Å². The summed E-state index contributed by atoms with van der Waals surface area (Å²) < 4.78 is 10.9. The van der Waals surface area contributed by atoms with E-state index < -0.39 is 12.0 Å². The summed E-state index contributed by atoms with van der Waals surface area (Å²) in [5.41, 5.74) is 4.72. The minimum absolute atomic E-state index is 0.0256. The molecule has 224 valence electrons. The molecule has 42 heavy (non-hydrogen) atoms. The molecule has 8 heteroatoms. The van der Waals surface area contributed by atoms with Gasteiger partial charge in [0.2, 0.25) is 0 Å². The summed E-state index contributed by atoms with van der Waals surface area (Å²) in [6, 6.07) is 5.05. The Labute approximate surface area is 249 Å². The van der Waals surface area contributed by atoms with E-state index in [1.807, 2.05) is 0 Å². The number of esters is 1. The Kier molecular flexibility index (Phi) is 11.2. The molecule has 2 aliphatic heterocycles. The van der Waals surface area contributed by atoms with Crippen LogP contribution in [0.1, 0.15) is 75.0 Å². The zero-order chi connectivity index (χ0) is 29.9. The largest absolute Gasteiger partial charge is 0.504 e. The number of hydrogen-bond donors (Lipinski definition) is 4. The number of rotatable bonds is 4. The molecule has 8 nitrogen and oxygen atoms in total. The van der Waals surface area contributed by atoms with Crippen LogP contribution in [0.3, 0.4) is 0 Å². The van der Waals surface area contributed by atoms with Crippen LogP contribution < -0.4 is 15.4 Å². The molecule has 1 aromatic heterocycles. The molecule has 3 atom stereocenters. The highest BCUT2D eigenvalue weighted by Crippen LogP contribution is 2.32. The Morgan fingerprint density at radius 1 is 1.10 bits per heavy atom. The topological polar surface area (TPSA) is 113 Å². The number of benzene rings is 1. The normalized spacial score (nSPS) is 22.1. The van der Waals surface area contributed by atoms with Gasteiger partial charge in [0, 0.05) is 38.7 Å². The molecule has 4 rings (SSSR count). The number of dihydropyridines is 1. The number of phenols is 1. The number of aromatic amines is 1. The summed E-state index contributed by atoms with van der Waals surface area (Å²) in [6.07, 6.45) is 13.7. The summed E-state index contributed by atoms with van der Waals surface area (Å²) >= 11 is 0. The van der Waals surface area contributed by atoms with Crippen molar-refractivity contribution in [3.05, 3.63) is 70.8 Å². The minimum atomic E-state index is -0.478. The fourth-order valence-electron chi connectivity index (χ4n) is 5.67. The molecule has 0 saturated carbocycles. The van der Waals surface area contributed by atoms with E-state index in [1.165, 1.54) is 30.7 Å². The van der Waals surface area contributed by atoms with Gasteiger partial charge in [0.05, 0.1) is 25.4 Å². The van der Waals surface area contributed by atoms with Crippen LogP contribution in [0.25, 0.3) is 0 Å². The third-order valence-electron chi connectivity index (χ3n) is 8.05. The van der Waals surface area contributed by atoms with Crippen molar-refractivity contribution in [1.29, 1.82) is 0 Å². The number of allylic oxidation sites excluding steroid dienone is 2. The van der Waals surface area contributed by atoms with Gasteiger partial charge in [-0.2, -0.15) is 0 Å². The Bertz CT molecular complexity index is 1360. The summed E-state index contributed by atoms with van der Waals surface area (Å²) in [6.45, 7) is 4.75. The number of ether oxygens (including phenoxy) is 2. The highest BCUT2D eigenvalue weighted by atomic mass is 16.5. The Balaban J connectivity index is 1.60. The molecule has 2 aliphatic rings. The van der Waals surface area contributed by atoms with Gasteiger partial charge in [-0.1, -0.05) is 37.3 Å². The fourth-order valence-corrected chi connectivity index (χ4v) is 5.67. The number of ketones is 1. The number of aromatic nitrogens is 1. The highest BCUT2D eigenvalue weighted by Gasteiger charge is 2.23. The Morgan fingerprint density at radius 2 is 1.93 bits per heavy atom. The van der Waals surface area contributed by atoms with Gasteiger partial charge in [-0.25, -0.2) is 0 Å². The molecule has 1 aromatic carbocycles. The van der Waals surface area contributed by atoms with Crippen LogP contribution in [0.2, 0.25) is 0 Å². The molecular formula is C34H43N3O5. The molecule has 0 radical (unpaired) electrons. The molecule has 0 spiro atoms. The average molecular weight is 574 g/mol. The van der Waals surface area contributed by atoms with Crippen molar-refractivity contribution in [2.24, 2.45) is 5.92 Å². The van der Waals surface area contributed by atoms with E-state index in [2.05, 4.69) is 58.9 Å². The van der Waals surface area contributed by atoms with Crippen molar-refractivity contribution in [1.82, 2.24) is 15.6 Å². The number of phenolic OH excluding ortho intramolecular Hbond substituents is 1. The van der Waals surface area contributed by atoms with E-state index in [0.29, 0.717) is 24.6 Å². The predicted molar refractivity (Wildman–Crippen MR) is 163 cm³/mol. The third-order valence-corrected chi connectivity index (χ3v) is 8.05. The molecule has 0 fully saturated rings. The number of fused-ring (bicyclic) bond motifs is 2. The van der Waals surface area contributed by atoms with Gasteiger partial charge in [-0.15, -0.1) is 0 Å². The van der Waals surface area contributed by atoms with Crippen molar-refractivity contribution < 1.29 is 24.2 Å². The fraction of sp³-hybridized carbons (Fsp3) is 0.471. The first-order chi connectivity index (χ1) is 20.3. The lowest BCUT2D eigenvalue weighted by Crippen LogP contribution is -2.29. The van der Waals surface area contributed by atoms with E-state index in [0.717, 1.165) is 50.0 Å². The van der Waals surface area contributed by atoms with Gasteiger partial charge >= 0.3 is 5.97 Å². The highest BCUT2D eigenvalue weighted by molar-refractivity contribution is 5.80. The summed E-state index contributed by atoms with van der Waals surface area (Å²) in [4.78, 5) is 28.6. The van der Waals surface area contributed by atoms with Gasteiger partial charge in [0.1, 0.15) is 11.9 Å². The maximum Gasteiger partial charge on any atom is 0.302 e. The second-order valence-corrected chi connectivity index (χ2v) is 11.1. The lowest BCUT2D eigenvalue weighted by molar-refractivity contribution is -0.148. The minimum Gasteiger partial charge on any atom is -0.504 e. The third kappa shape index (κ3) is 8.94. The predicted octanol–water partition coefficient (Wildman–Crippen LogP) is 5.05. The van der Waals surface area contributed by atoms with E-state index in [-0.39, 0.29) is 30.3 Å². The first-order valence-electron chi connectivity index (χ1n) is 14.9. The van der Waals surface area contributed by atoms with Gasteiger partial charge in [-0.3, -0.25) is 9.59 Å². The van der Waals surface area contributed by atoms with Crippen molar-refractivity contribution in [3.63, 3.8) is 0 Å². The van der Waals surface area contributed by atoms with E-state index >= 15 is 0 Å².